The summed E-state index contributed by atoms with van der Waals surface area (Å²) >= 11 is 2.02. The number of carboxylic acids is 1. The van der Waals surface area contributed by atoms with E-state index in [-0.39, 0.29) is 6.42 Å². The molecule has 19 heavy (non-hydrogen) atoms. The lowest BCUT2D eigenvalue weighted by Crippen LogP contribution is -2.38. The summed E-state index contributed by atoms with van der Waals surface area (Å²) in [4.78, 5) is 13.1. The van der Waals surface area contributed by atoms with Gasteiger partial charge in [0.1, 0.15) is 0 Å². The molecule has 0 unspecified atom stereocenters. The van der Waals surface area contributed by atoms with E-state index in [4.69, 9.17) is 5.11 Å². The van der Waals surface area contributed by atoms with Crippen molar-refractivity contribution in [1.82, 2.24) is 0 Å². The molecule has 0 radical (unpaired) electrons. The third kappa shape index (κ3) is 4.46. The molecule has 0 bridgehead atoms. The highest BCUT2D eigenvalue weighted by Crippen LogP contribution is 2.26. The average molecular weight is 279 g/mol. The summed E-state index contributed by atoms with van der Waals surface area (Å²) in [5.74, 6) is 1.73. The van der Waals surface area contributed by atoms with E-state index < -0.39 is 5.97 Å². The number of benzene rings is 1. The molecule has 1 aromatic rings. The van der Waals surface area contributed by atoms with E-state index >= 15 is 0 Å². The first-order valence-corrected chi connectivity index (χ1v) is 8.04. The van der Waals surface area contributed by atoms with Crippen LogP contribution in [0.25, 0.3) is 0 Å². The number of anilines is 1. The Bertz CT molecular complexity index is 390. The van der Waals surface area contributed by atoms with Crippen LogP contribution < -0.4 is 4.90 Å². The van der Waals surface area contributed by atoms with Gasteiger partial charge in [-0.3, -0.25) is 4.79 Å². The maximum Gasteiger partial charge on any atom is 0.303 e. The summed E-state index contributed by atoms with van der Waals surface area (Å²) in [6.45, 7) is 0.839. The highest BCUT2D eigenvalue weighted by atomic mass is 32.2. The molecule has 104 valence electrons. The van der Waals surface area contributed by atoms with E-state index in [9.17, 15) is 4.79 Å². The first-order valence-electron chi connectivity index (χ1n) is 6.88. The number of aliphatic carboxylic acids is 1. The topological polar surface area (TPSA) is 40.5 Å². The molecule has 1 aliphatic heterocycles. The Labute approximate surface area is 119 Å². The SMILES string of the molecule is O=C(O)CCCN(c1ccccc1)C1CCSCC1. The number of rotatable bonds is 6. The number of thioether (sulfide) groups is 1. The molecule has 0 saturated carbocycles. The van der Waals surface area contributed by atoms with Gasteiger partial charge < -0.3 is 10.0 Å². The van der Waals surface area contributed by atoms with Crippen LogP contribution in [0.4, 0.5) is 5.69 Å². The molecule has 1 saturated heterocycles. The Morgan fingerprint density at radius 2 is 1.95 bits per heavy atom. The molecule has 1 N–H and O–H groups in total. The third-order valence-electron chi connectivity index (χ3n) is 3.51. The fourth-order valence-electron chi connectivity index (χ4n) is 2.54. The lowest BCUT2D eigenvalue weighted by molar-refractivity contribution is -0.137. The van der Waals surface area contributed by atoms with Crippen LogP contribution in [0.2, 0.25) is 0 Å². The van der Waals surface area contributed by atoms with Crippen LogP contribution in [0.15, 0.2) is 30.3 Å². The van der Waals surface area contributed by atoms with Gasteiger partial charge in [0.2, 0.25) is 0 Å². The van der Waals surface area contributed by atoms with Gasteiger partial charge in [0, 0.05) is 24.7 Å². The van der Waals surface area contributed by atoms with Gasteiger partial charge in [0.25, 0.3) is 0 Å². The number of para-hydroxylation sites is 1. The van der Waals surface area contributed by atoms with Crippen molar-refractivity contribution in [3.8, 4) is 0 Å². The van der Waals surface area contributed by atoms with Crippen molar-refractivity contribution < 1.29 is 9.90 Å². The van der Waals surface area contributed by atoms with Crippen LogP contribution in [0.3, 0.4) is 0 Å². The Morgan fingerprint density at radius 1 is 1.26 bits per heavy atom. The van der Waals surface area contributed by atoms with E-state index in [1.165, 1.54) is 30.0 Å². The molecule has 1 heterocycles. The monoisotopic (exact) mass is 279 g/mol. The van der Waals surface area contributed by atoms with E-state index in [2.05, 4.69) is 29.2 Å². The Kier molecular flexibility index (Phi) is 5.58. The predicted molar refractivity (Wildman–Crippen MR) is 81.0 cm³/mol. The van der Waals surface area contributed by atoms with Crippen LogP contribution in [-0.4, -0.2) is 35.2 Å². The molecule has 4 heteroatoms. The first-order chi connectivity index (χ1) is 9.27. The maximum atomic E-state index is 10.7. The van der Waals surface area contributed by atoms with Gasteiger partial charge in [-0.15, -0.1) is 0 Å². The second kappa shape index (κ2) is 7.43. The summed E-state index contributed by atoms with van der Waals surface area (Å²) in [6.07, 6.45) is 3.37. The van der Waals surface area contributed by atoms with Crippen molar-refractivity contribution in [1.29, 1.82) is 0 Å². The molecule has 3 nitrogen and oxygen atoms in total. The third-order valence-corrected chi connectivity index (χ3v) is 4.56. The van der Waals surface area contributed by atoms with Gasteiger partial charge >= 0.3 is 5.97 Å². The highest BCUT2D eigenvalue weighted by Gasteiger charge is 2.21. The summed E-state index contributed by atoms with van der Waals surface area (Å²) in [5.41, 5.74) is 1.23. The number of hydrogen-bond donors (Lipinski definition) is 1. The molecule has 0 aromatic heterocycles. The van der Waals surface area contributed by atoms with Crippen LogP contribution in [0.5, 0.6) is 0 Å². The van der Waals surface area contributed by atoms with Gasteiger partial charge in [-0.05, 0) is 42.9 Å². The minimum absolute atomic E-state index is 0.255. The normalized spacial score (nSPS) is 16.2. The number of nitrogens with zero attached hydrogens (tertiary/aromatic N) is 1. The molecular weight excluding hydrogens is 258 g/mol. The van der Waals surface area contributed by atoms with Gasteiger partial charge in [-0.2, -0.15) is 11.8 Å². The number of hydrogen-bond acceptors (Lipinski definition) is 3. The lowest BCUT2D eigenvalue weighted by atomic mass is 10.1. The largest absolute Gasteiger partial charge is 0.481 e. The zero-order chi connectivity index (χ0) is 13.5. The zero-order valence-electron chi connectivity index (χ0n) is 11.1. The van der Waals surface area contributed by atoms with Gasteiger partial charge in [0.05, 0.1) is 0 Å². The second-order valence-electron chi connectivity index (χ2n) is 4.87. The highest BCUT2D eigenvalue weighted by molar-refractivity contribution is 7.99. The van der Waals surface area contributed by atoms with E-state index in [0.29, 0.717) is 12.5 Å². The van der Waals surface area contributed by atoms with Crippen molar-refractivity contribution in [2.24, 2.45) is 0 Å². The predicted octanol–water partition coefficient (Wildman–Crippen LogP) is 3.25. The summed E-state index contributed by atoms with van der Waals surface area (Å²) < 4.78 is 0. The molecule has 0 atom stereocenters. The van der Waals surface area contributed by atoms with Crippen LogP contribution in [-0.2, 0) is 4.79 Å². The Morgan fingerprint density at radius 3 is 2.58 bits per heavy atom. The Hall–Kier alpha value is -1.16. The smallest absolute Gasteiger partial charge is 0.303 e. The lowest BCUT2D eigenvalue weighted by Gasteiger charge is -2.36. The molecule has 1 aromatic carbocycles. The standard InChI is InChI=1S/C15H21NO2S/c17-15(18)7-4-10-16(13-5-2-1-3-6-13)14-8-11-19-12-9-14/h1-3,5-6,14H,4,7-12H2,(H,17,18). The van der Waals surface area contributed by atoms with Crippen molar-refractivity contribution in [2.75, 3.05) is 23.0 Å². The van der Waals surface area contributed by atoms with Crippen molar-refractivity contribution in [2.45, 2.75) is 31.7 Å². The first kappa shape index (κ1) is 14.3. The Balaban J connectivity index is 2.01. The minimum atomic E-state index is -0.702. The fourth-order valence-corrected chi connectivity index (χ4v) is 3.62. The quantitative estimate of drug-likeness (QED) is 0.868. The maximum absolute atomic E-state index is 10.7. The molecule has 1 fully saturated rings. The summed E-state index contributed by atoms with van der Waals surface area (Å²) in [5, 5.41) is 8.79. The van der Waals surface area contributed by atoms with Gasteiger partial charge in [-0.1, -0.05) is 18.2 Å². The molecule has 1 aliphatic rings. The molecular formula is C15H21NO2S. The van der Waals surface area contributed by atoms with Crippen LogP contribution in [0.1, 0.15) is 25.7 Å². The molecule has 0 amide bonds. The molecule has 0 aliphatic carbocycles. The minimum Gasteiger partial charge on any atom is -0.481 e. The fraction of sp³-hybridized carbons (Fsp3) is 0.533. The molecule has 2 rings (SSSR count). The van der Waals surface area contributed by atoms with Crippen molar-refractivity contribution in [3.63, 3.8) is 0 Å². The summed E-state index contributed by atoms with van der Waals surface area (Å²) in [6, 6.07) is 11.0. The van der Waals surface area contributed by atoms with Crippen LogP contribution in [0, 0.1) is 0 Å². The van der Waals surface area contributed by atoms with Crippen molar-refractivity contribution in [3.05, 3.63) is 30.3 Å². The van der Waals surface area contributed by atoms with Crippen molar-refractivity contribution >= 4 is 23.4 Å². The van der Waals surface area contributed by atoms with Gasteiger partial charge in [-0.25, -0.2) is 0 Å². The van der Waals surface area contributed by atoms with E-state index in [0.717, 1.165) is 6.54 Å². The second-order valence-corrected chi connectivity index (χ2v) is 6.09. The van der Waals surface area contributed by atoms with E-state index in [1.54, 1.807) is 0 Å². The van der Waals surface area contributed by atoms with Gasteiger partial charge in [0.15, 0.2) is 0 Å². The average Bonchev–Trinajstić information content (AvgIpc) is 2.45. The summed E-state index contributed by atoms with van der Waals surface area (Å²) in [7, 11) is 0. The van der Waals surface area contributed by atoms with E-state index in [1.807, 2.05) is 17.8 Å². The number of carboxylic acid groups (broad SMARTS) is 1. The van der Waals surface area contributed by atoms with Crippen LogP contribution >= 0.6 is 11.8 Å². The molecule has 0 spiro atoms. The zero-order valence-corrected chi connectivity index (χ0v) is 11.9. The number of carbonyl (C=O) groups is 1.